The fourth-order valence-corrected chi connectivity index (χ4v) is 4.17. The summed E-state index contributed by atoms with van der Waals surface area (Å²) in [4.78, 5) is 12.0. The van der Waals surface area contributed by atoms with E-state index < -0.39 is 11.5 Å². The number of carboxylic acid groups (broad SMARTS) is 1. The largest absolute Gasteiger partial charge is 0.480 e. The number of hydrogen-bond donors (Lipinski definition) is 2. The van der Waals surface area contributed by atoms with Gasteiger partial charge in [0.15, 0.2) is 0 Å². The number of aryl methyl sites for hydroxylation is 1. The molecule has 3 nitrogen and oxygen atoms in total. The van der Waals surface area contributed by atoms with Crippen LogP contribution in [-0.2, 0) is 17.6 Å². The van der Waals surface area contributed by atoms with E-state index in [0.717, 1.165) is 23.7 Å². The average molecular weight is 352 g/mol. The normalized spacial score (nSPS) is 26.3. The molecule has 2 N–H and O–H groups in total. The predicted molar refractivity (Wildman–Crippen MR) is 86.5 cm³/mol. The molecular weight excluding hydrogens is 330 g/mol. The predicted octanol–water partition coefficient (Wildman–Crippen LogP) is 3.68. The highest BCUT2D eigenvalue weighted by Crippen LogP contribution is 2.32. The number of rotatable bonds is 3. The Morgan fingerprint density at radius 2 is 2.00 bits per heavy atom. The maximum Gasteiger partial charge on any atom is 0.324 e. The highest BCUT2D eigenvalue weighted by molar-refractivity contribution is 9.10. The van der Waals surface area contributed by atoms with Gasteiger partial charge in [-0.05, 0) is 48.9 Å². The molecule has 0 heterocycles. The van der Waals surface area contributed by atoms with Crippen molar-refractivity contribution in [1.29, 1.82) is 0 Å². The zero-order chi connectivity index (χ0) is 14.9. The zero-order valence-electron chi connectivity index (χ0n) is 12.2. The lowest BCUT2D eigenvalue weighted by molar-refractivity contribution is -0.146. The Hall–Kier alpha value is -0.870. The molecule has 0 radical (unpaired) electrons. The molecule has 21 heavy (non-hydrogen) atoms. The number of nitrogens with one attached hydrogen (secondary N) is 1. The molecule has 0 bridgehead atoms. The van der Waals surface area contributed by atoms with E-state index in [0.29, 0.717) is 18.9 Å². The quantitative estimate of drug-likeness (QED) is 0.873. The summed E-state index contributed by atoms with van der Waals surface area (Å²) < 4.78 is 1.07. The second-order valence-electron chi connectivity index (χ2n) is 6.46. The molecule has 1 saturated carbocycles. The summed E-state index contributed by atoms with van der Waals surface area (Å²) in [5.74, 6) is -0.693. The Morgan fingerprint density at radius 3 is 2.71 bits per heavy atom. The summed E-state index contributed by atoms with van der Waals surface area (Å²) in [6.07, 6.45) is 8.07. The first-order chi connectivity index (χ1) is 10.1. The summed E-state index contributed by atoms with van der Waals surface area (Å²) >= 11 is 3.50. The van der Waals surface area contributed by atoms with E-state index in [9.17, 15) is 9.90 Å². The molecule has 1 fully saturated rings. The molecule has 0 aliphatic heterocycles. The van der Waals surface area contributed by atoms with Gasteiger partial charge in [-0.1, -0.05) is 41.3 Å². The number of fused-ring (bicyclic) bond motifs is 1. The zero-order valence-corrected chi connectivity index (χ0v) is 13.8. The Labute approximate surface area is 134 Å². The lowest BCUT2D eigenvalue weighted by atomic mass is 9.76. The first kappa shape index (κ1) is 15.0. The van der Waals surface area contributed by atoms with Crippen molar-refractivity contribution in [2.45, 2.75) is 62.9 Å². The van der Waals surface area contributed by atoms with Crippen LogP contribution < -0.4 is 5.32 Å². The fraction of sp³-hybridized carbons (Fsp3) is 0.588. The molecule has 0 aromatic heterocycles. The highest BCUT2D eigenvalue weighted by atomic mass is 79.9. The highest BCUT2D eigenvalue weighted by Gasteiger charge is 2.42. The van der Waals surface area contributed by atoms with Crippen LogP contribution in [0.1, 0.15) is 49.7 Å². The van der Waals surface area contributed by atoms with Crippen molar-refractivity contribution in [1.82, 2.24) is 5.32 Å². The van der Waals surface area contributed by atoms with E-state index in [-0.39, 0.29) is 0 Å². The maximum atomic E-state index is 12.0. The van der Waals surface area contributed by atoms with E-state index in [1.165, 1.54) is 30.4 Å². The van der Waals surface area contributed by atoms with Gasteiger partial charge >= 0.3 is 5.97 Å². The number of carboxylic acids is 1. The van der Waals surface area contributed by atoms with E-state index in [1.54, 1.807) is 0 Å². The molecule has 0 spiro atoms. The number of carbonyl (C=O) groups is 1. The Kier molecular flexibility index (Phi) is 4.36. The van der Waals surface area contributed by atoms with Gasteiger partial charge in [-0.3, -0.25) is 10.1 Å². The summed E-state index contributed by atoms with van der Waals surface area (Å²) in [5.41, 5.74) is 1.69. The average Bonchev–Trinajstić information content (AvgIpc) is 2.48. The van der Waals surface area contributed by atoms with Crippen molar-refractivity contribution < 1.29 is 9.90 Å². The lowest BCUT2D eigenvalue weighted by Crippen LogP contribution is -2.59. The van der Waals surface area contributed by atoms with Crippen LogP contribution in [0.3, 0.4) is 0 Å². The summed E-state index contributed by atoms with van der Waals surface area (Å²) in [6.45, 7) is 0. The minimum absolute atomic E-state index is 0.367. The van der Waals surface area contributed by atoms with E-state index >= 15 is 0 Å². The second-order valence-corrected chi connectivity index (χ2v) is 7.37. The standard InChI is InChI=1S/C17H22BrNO2/c18-14-7-6-13-11-17(16(20)21,9-8-12(13)10-14)19-15-4-2-1-3-5-15/h6-7,10,15,19H,1-5,8-9,11H2,(H,20,21). The minimum Gasteiger partial charge on any atom is -0.480 e. The molecule has 0 amide bonds. The first-order valence-electron chi connectivity index (χ1n) is 7.87. The molecule has 1 atom stereocenters. The molecule has 2 aliphatic carbocycles. The van der Waals surface area contributed by atoms with Gasteiger partial charge < -0.3 is 5.11 Å². The summed E-state index contributed by atoms with van der Waals surface area (Å²) in [6, 6.07) is 6.57. The van der Waals surface area contributed by atoms with Gasteiger partial charge in [0.05, 0.1) is 0 Å². The molecule has 3 rings (SSSR count). The fourth-order valence-electron chi connectivity index (χ4n) is 3.77. The van der Waals surface area contributed by atoms with Gasteiger partial charge in [0.1, 0.15) is 5.54 Å². The van der Waals surface area contributed by atoms with Crippen LogP contribution in [0.4, 0.5) is 0 Å². The van der Waals surface area contributed by atoms with Crippen LogP contribution in [0, 0.1) is 0 Å². The monoisotopic (exact) mass is 351 g/mol. The van der Waals surface area contributed by atoms with Crippen LogP contribution in [0.5, 0.6) is 0 Å². The Bertz CT molecular complexity index is 540. The van der Waals surface area contributed by atoms with Crippen molar-refractivity contribution in [2.75, 3.05) is 0 Å². The van der Waals surface area contributed by atoms with E-state index in [2.05, 4.69) is 33.4 Å². The van der Waals surface area contributed by atoms with Gasteiger partial charge in [0.25, 0.3) is 0 Å². The molecule has 2 aliphatic rings. The van der Waals surface area contributed by atoms with Crippen molar-refractivity contribution >= 4 is 21.9 Å². The first-order valence-corrected chi connectivity index (χ1v) is 8.67. The van der Waals surface area contributed by atoms with Crippen molar-refractivity contribution in [3.8, 4) is 0 Å². The molecular formula is C17H22BrNO2. The van der Waals surface area contributed by atoms with E-state index in [4.69, 9.17) is 0 Å². The summed E-state index contributed by atoms with van der Waals surface area (Å²) in [7, 11) is 0. The van der Waals surface area contributed by atoms with Crippen LogP contribution in [0.15, 0.2) is 22.7 Å². The molecule has 1 aromatic rings. The minimum atomic E-state index is -0.775. The number of halogens is 1. The third kappa shape index (κ3) is 3.16. The van der Waals surface area contributed by atoms with E-state index in [1.807, 2.05) is 6.07 Å². The molecule has 0 saturated heterocycles. The second kappa shape index (κ2) is 6.09. The lowest BCUT2D eigenvalue weighted by Gasteiger charge is -2.39. The number of aliphatic carboxylic acids is 1. The Balaban J connectivity index is 1.82. The van der Waals surface area contributed by atoms with Crippen molar-refractivity contribution in [3.63, 3.8) is 0 Å². The van der Waals surface area contributed by atoms with Crippen molar-refractivity contribution in [3.05, 3.63) is 33.8 Å². The van der Waals surface area contributed by atoms with Crippen LogP contribution in [-0.4, -0.2) is 22.7 Å². The van der Waals surface area contributed by atoms with Crippen LogP contribution >= 0.6 is 15.9 Å². The number of hydrogen-bond acceptors (Lipinski definition) is 2. The summed E-state index contributed by atoms with van der Waals surface area (Å²) in [5, 5.41) is 13.3. The smallest absolute Gasteiger partial charge is 0.324 e. The van der Waals surface area contributed by atoms with Gasteiger partial charge in [0, 0.05) is 16.9 Å². The van der Waals surface area contributed by atoms with Gasteiger partial charge in [-0.2, -0.15) is 0 Å². The molecule has 1 aromatic carbocycles. The van der Waals surface area contributed by atoms with Gasteiger partial charge in [-0.25, -0.2) is 0 Å². The van der Waals surface area contributed by atoms with Crippen LogP contribution in [0.2, 0.25) is 0 Å². The van der Waals surface area contributed by atoms with Crippen molar-refractivity contribution in [2.24, 2.45) is 0 Å². The molecule has 1 unspecified atom stereocenters. The molecule has 4 heteroatoms. The third-order valence-electron chi connectivity index (χ3n) is 4.98. The van der Waals surface area contributed by atoms with Crippen LogP contribution in [0.25, 0.3) is 0 Å². The molecule has 114 valence electrons. The van der Waals surface area contributed by atoms with Gasteiger partial charge in [0.2, 0.25) is 0 Å². The van der Waals surface area contributed by atoms with Gasteiger partial charge in [-0.15, -0.1) is 0 Å². The Morgan fingerprint density at radius 1 is 1.24 bits per heavy atom. The third-order valence-corrected chi connectivity index (χ3v) is 5.47. The number of benzene rings is 1. The maximum absolute atomic E-state index is 12.0. The topological polar surface area (TPSA) is 49.3 Å². The SMILES string of the molecule is O=C(O)C1(NC2CCCCC2)CCc2cc(Br)ccc2C1.